The van der Waals surface area contributed by atoms with Crippen molar-refractivity contribution in [2.45, 2.75) is 6.61 Å². The summed E-state index contributed by atoms with van der Waals surface area (Å²) < 4.78 is 24.9. The Morgan fingerprint density at radius 3 is 2.53 bits per heavy atom. The monoisotopic (exact) mass is 402 g/mol. The summed E-state index contributed by atoms with van der Waals surface area (Å²) in [7, 11) is 1.60. The number of benzene rings is 3. The zero-order valence-electron chi connectivity index (χ0n) is 16.2. The van der Waals surface area contributed by atoms with Crippen LogP contribution in [0.4, 0.5) is 4.39 Å². The van der Waals surface area contributed by atoms with E-state index in [1.54, 1.807) is 43.6 Å². The van der Waals surface area contributed by atoms with Crippen molar-refractivity contribution < 1.29 is 19.0 Å². The lowest BCUT2D eigenvalue weighted by atomic mass is 9.99. The summed E-state index contributed by atoms with van der Waals surface area (Å²) >= 11 is 0. The van der Waals surface area contributed by atoms with Gasteiger partial charge in [-0.05, 0) is 24.3 Å². The Bertz CT molecular complexity index is 1180. The van der Waals surface area contributed by atoms with Gasteiger partial charge in [0.05, 0.1) is 12.8 Å². The second-order valence-electron chi connectivity index (χ2n) is 6.54. The van der Waals surface area contributed by atoms with Crippen LogP contribution in [0.2, 0.25) is 0 Å². The van der Waals surface area contributed by atoms with Gasteiger partial charge in [0.1, 0.15) is 36.0 Å². The van der Waals surface area contributed by atoms with Crippen LogP contribution in [0, 0.1) is 5.82 Å². The predicted molar refractivity (Wildman–Crippen MR) is 112 cm³/mol. The van der Waals surface area contributed by atoms with E-state index in [9.17, 15) is 9.50 Å². The van der Waals surface area contributed by atoms with Crippen LogP contribution in [0.15, 0.2) is 79.3 Å². The van der Waals surface area contributed by atoms with Gasteiger partial charge in [-0.15, -0.1) is 0 Å². The number of aromatic hydroxyl groups is 1. The maximum Gasteiger partial charge on any atom is 0.129 e. The van der Waals surface area contributed by atoms with Crippen molar-refractivity contribution in [1.29, 1.82) is 0 Å². The van der Waals surface area contributed by atoms with Gasteiger partial charge in [-0.1, -0.05) is 36.4 Å². The van der Waals surface area contributed by atoms with Crippen molar-refractivity contribution in [2.24, 2.45) is 0 Å². The molecule has 0 amide bonds. The highest BCUT2D eigenvalue weighted by Gasteiger charge is 2.16. The normalized spacial score (nSPS) is 10.6. The lowest BCUT2D eigenvalue weighted by molar-refractivity contribution is 0.298. The molecule has 30 heavy (non-hydrogen) atoms. The third kappa shape index (κ3) is 3.93. The van der Waals surface area contributed by atoms with Gasteiger partial charge in [0.15, 0.2) is 0 Å². The van der Waals surface area contributed by atoms with Crippen LogP contribution in [0.3, 0.4) is 0 Å². The number of hydrogen-bond donors (Lipinski definition) is 1. The van der Waals surface area contributed by atoms with Gasteiger partial charge in [0.25, 0.3) is 0 Å². The molecule has 0 saturated carbocycles. The Balaban J connectivity index is 1.65. The van der Waals surface area contributed by atoms with Crippen LogP contribution in [-0.2, 0) is 6.61 Å². The minimum atomic E-state index is -0.333. The first-order chi connectivity index (χ1) is 14.7. The fourth-order valence-electron chi connectivity index (χ4n) is 3.19. The number of aromatic nitrogens is 2. The highest BCUT2D eigenvalue weighted by Crippen LogP contribution is 2.39. The number of ether oxygens (including phenoxy) is 2. The minimum Gasteiger partial charge on any atom is -0.507 e. The first kappa shape index (κ1) is 19.4. The Kier molecular flexibility index (Phi) is 5.57. The summed E-state index contributed by atoms with van der Waals surface area (Å²) in [6.45, 7) is 0.0609. The number of hydrogen-bond acceptors (Lipinski definition) is 5. The average Bonchev–Trinajstić information content (AvgIpc) is 2.79. The van der Waals surface area contributed by atoms with E-state index in [0.29, 0.717) is 28.3 Å². The molecule has 0 atom stereocenters. The van der Waals surface area contributed by atoms with Crippen LogP contribution in [0.5, 0.6) is 17.2 Å². The topological polar surface area (TPSA) is 64.5 Å². The van der Waals surface area contributed by atoms with Crippen molar-refractivity contribution in [3.63, 3.8) is 0 Å². The first-order valence-electron chi connectivity index (χ1n) is 9.30. The summed E-state index contributed by atoms with van der Waals surface area (Å²) in [5, 5.41) is 10.6. The van der Waals surface area contributed by atoms with Crippen molar-refractivity contribution >= 4 is 0 Å². The highest BCUT2D eigenvalue weighted by atomic mass is 19.1. The van der Waals surface area contributed by atoms with E-state index in [2.05, 4.69) is 9.97 Å². The van der Waals surface area contributed by atoms with Crippen molar-refractivity contribution in [3.8, 4) is 39.6 Å². The number of phenolic OH excluding ortho intramolecular Hbond substituents is 1. The maximum absolute atomic E-state index is 13.8. The van der Waals surface area contributed by atoms with E-state index >= 15 is 0 Å². The molecule has 0 fully saturated rings. The Hall–Kier alpha value is -3.93. The number of methoxy groups -OCH3 is 1. The maximum atomic E-state index is 13.8. The highest BCUT2D eigenvalue weighted by molar-refractivity contribution is 5.85. The number of halogens is 1. The molecule has 1 N–H and O–H groups in total. The number of phenols is 1. The van der Waals surface area contributed by atoms with Gasteiger partial charge in [-0.3, -0.25) is 0 Å². The van der Waals surface area contributed by atoms with Gasteiger partial charge in [-0.2, -0.15) is 0 Å². The smallest absolute Gasteiger partial charge is 0.129 e. The molecule has 0 radical (unpaired) electrons. The molecule has 3 aromatic carbocycles. The molecular weight excluding hydrogens is 383 g/mol. The Morgan fingerprint density at radius 2 is 1.73 bits per heavy atom. The zero-order chi connectivity index (χ0) is 20.9. The summed E-state index contributed by atoms with van der Waals surface area (Å²) in [6.07, 6.45) is 3.11. The van der Waals surface area contributed by atoms with Crippen LogP contribution >= 0.6 is 0 Å². The van der Waals surface area contributed by atoms with E-state index in [4.69, 9.17) is 9.47 Å². The molecule has 1 heterocycles. The molecule has 4 rings (SSSR count). The molecule has 0 aliphatic carbocycles. The van der Waals surface area contributed by atoms with Crippen molar-refractivity contribution in [1.82, 2.24) is 9.97 Å². The predicted octanol–water partition coefficient (Wildman–Crippen LogP) is 5.24. The number of rotatable bonds is 6. The van der Waals surface area contributed by atoms with Crippen LogP contribution in [0.25, 0.3) is 22.4 Å². The molecule has 150 valence electrons. The second kappa shape index (κ2) is 8.61. The number of nitrogens with zero attached hydrogens (tertiary/aromatic N) is 2. The van der Waals surface area contributed by atoms with Gasteiger partial charge in [-0.25, -0.2) is 14.4 Å². The van der Waals surface area contributed by atoms with Crippen LogP contribution < -0.4 is 9.47 Å². The third-order valence-electron chi connectivity index (χ3n) is 4.69. The van der Waals surface area contributed by atoms with E-state index in [0.717, 1.165) is 11.1 Å². The lowest BCUT2D eigenvalue weighted by Crippen LogP contribution is -1.98. The van der Waals surface area contributed by atoms with E-state index in [1.165, 1.54) is 18.5 Å². The van der Waals surface area contributed by atoms with Crippen LogP contribution in [-0.4, -0.2) is 22.2 Å². The standard InChI is InChI=1S/C24H19FN2O3/c1-29-23-9-5-3-7-18(23)20-13-26-15-27-24(20)19-11-10-17(12-22(19)28)30-14-16-6-2-4-8-21(16)25/h2-13,15,28H,14H2,1H3. The number of para-hydroxylation sites is 1. The SMILES string of the molecule is COc1ccccc1-c1cncnc1-c1ccc(OCc2ccccc2F)cc1O. The summed E-state index contributed by atoms with van der Waals surface area (Å²) in [4.78, 5) is 8.51. The second-order valence-corrected chi connectivity index (χ2v) is 6.54. The fourth-order valence-corrected chi connectivity index (χ4v) is 3.19. The van der Waals surface area contributed by atoms with Crippen molar-refractivity contribution in [2.75, 3.05) is 7.11 Å². The molecule has 0 aliphatic heterocycles. The van der Waals surface area contributed by atoms with Gasteiger partial charge in [0, 0.05) is 34.5 Å². The molecule has 5 nitrogen and oxygen atoms in total. The Morgan fingerprint density at radius 1 is 0.933 bits per heavy atom. The lowest BCUT2D eigenvalue weighted by Gasteiger charge is -2.14. The summed E-state index contributed by atoms with van der Waals surface area (Å²) in [6, 6.07) is 18.9. The first-order valence-corrected chi connectivity index (χ1v) is 9.30. The summed E-state index contributed by atoms with van der Waals surface area (Å²) in [5.74, 6) is 0.766. The van der Waals surface area contributed by atoms with Crippen molar-refractivity contribution in [3.05, 3.63) is 90.6 Å². The molecule has 6 heteroatoms. The average molecular weight is 402 g/mol. The largest absolute Gasteiger partial charge is 0.507 e. The van der Waals surface area contributed by atoms with E-state index in [-0.39, 0.29) is 18.2 Å². The molecule has 0 saturated heterocycles. The quantitative estimate of drug-likeness (QED) is 0.478. The molecule has 0 spiro atoms. The Labute approximate surface area is 173 Å². The molecular formula is C24H19FN2O3. The molecule has 0 bridgehead atoms. The fraction of sp³-hybridized carbons (Fsp3) is 0.0833. The van der Waals surface area contributed by atoms with E-state index in [1.807, 2.05) is 24.3 Å². The zero-order valence-corrected chi connectivity index (χ0v) is 16.2. The van der Waals surface area contributed by atoms with Crippen LogP contribution in [0.1, 0.15) is 5.56 Å². The van der Waals surface area contributed by atoms with Gasteiger partial charge < -0.3 is 14.6 Å². The third-order valence-corrected chi connectivity index (χ3v) is 4.69. The van der Waals surface area contributed by atoms with Gasteiger partial charge in [0.2, 0.25) is 0 Å². The minimum absolute atomic E-state index is 0.00381. The molecule has 4 aromatic rings. The van der Waals surface area contributed by atoms with Gasteiger partial charge >= 0.3 is 0 Å². The molecule has 1 aromatic heterocycles. The molecule has 0 aliphatic rings. The summed E-state index contributed by atoms with van der Waals surface area (Å²) in [5.41, 5.74) is 3.07. The van der Waals surface area contributed by atoms with E-state index < -0.39 is 0 Å². The molecule has 0 unspecified atom stereocenters.